The van der Waals surface area contributed by atoms with Crippen molar-refractivity contribution in [2.75, 3.05) is 19.8 Å². The Morgan fingerprint density at radius 1 is 1.17 bits per heavy atom. The molecule has 1 aromatic carbocycles. The van der Waals surface area contributed by atoms with Gasteiger partial charge < -0.3 is 14.9 Å². The second-order valence-corrected chi connectivity index (χ2v) is 6.18. The van der Waals surface area contributed by atoms with Gasteiger partial charge in [0.05, 0.1) is 19.3 Å². The van der Waals surface area contributed by atoms with Crippen molar-refractivity contribution in [3.05, 3.63) is 29.8 Å². The number of aliphatic hydroxyl groups is 2. The molecule has 1 aliphatic rings. The summed E-state index contributed by atoms with van der Waals surface area (Å²) in [5.41, 5.74) is 1.22. The van der Waals surface area contributed by atoms with Crippen LogP contribution in [0.2, 0.25) is 0 Å². The number of nitrogens with zero attached hydrogens (tertiary/aromatic N) is 1. The third kappa shape index (κ3) is 7.20. The van der Waals surface area contributed by atoms with Crippen molar-refractivity contribution < 1.29 is 14.9 Å². The molecule has 2 unspecified atom stereocenters. The highest BCUT2D eigenvalue weighted by Crippen LogP contribution is 2.21. The summed E-state index contributed by atoms with van der Waals surface area (Å²) in [4.78, 5) is 2.25. The molecule has 0 radical (unpaired) electrons. The maximum atomic E-state index is 9.70. The molecule has 2 N–H and O–H groups in total. The minimum Gasteiger partial charge on any atom is -0.494 e. The van der Waals surface area contributed by atoms with E-state index in [1.807, 2.05) is 26.0 Å². The zero-order valence-electron chi connectivity index (χ0n) is 15.6. The summed E-state index contributed by atoms with van der Waals surface area (Å²) in [7, 11) is 0. The Kier molecular flexibility index (Phi) is 10.7. The largest absolute Gasteiger partial charge is 0.494 e. The van der Waals surface area contributed by atoms with E-state index in [1.54, 1.807) is 0 Å². The summed E-state index contributed by atoms with van der Waals surface area (Å²) < 4.78 is 5.72. The molecule has 0 saturated carbocycles. The average molecular weight is 338 g/mol. The molecule has 0 amide bonds. The van der Waals surface area contributed by atoms with Crippen LogP contribution >= 0.6 is 0 Å². The lowest BCUT2D eigenvalue weighted by Crippen LogP contribution is -2.45. The number of hydrogen-bond acceptors (Lipinski definition) is 4. The van der Waals surface area contributed by atoms with Crippen LogP contribution in [0.1, 0.15) is 58.4 Å². The van der Waals surface area contributed by atoms with Gasteiger partial charge in [-0.25, -0.2) is 0 Å². The first-order valence-corrected chi connectivity index (χ1v) is 9.47. The van der Waals surface area contributed by atoms with Crippen molar-refractivity contribution in [1.82, 2.24) is 4.90 Å². The zero-order chi connectivity index (χ0) is 17.8. The summed E-state index contributed by atoms with van der Waals surface area (Å²) in [6.07, 6.45) is 4.70. The van der Waals surface area contributed by atoms with Crippen molar-refractivity contribution >= 4 is 0 Å². The highest BCUT2D eigenvalue weighted by molar-refractivity contribution is 5.27. The standard InChI is InChI=1S/C18H29NO3.C2H6/c1-2-3-4-11-22-18-7-5-15(6-8-18)13-19-10-9-17(21)12-16(19)14-20;1-2/h5-8,16-17,20-21H,2-4,9-14H2,1H3;1-2H3. The van der Waals surface area contributed by atoms with Crippen molar-refractivity contribution in [3.8, 4) is 5.75 Å². The Balaban J connectivity index is 0.00000139. The van der Waals surface area contributed by atoms with E-state index in [9.17, 15) is 10.2 Å². The first kappa shape index (κ1) is 20.9. The minimum absolute atomic E-state index is 0.0636. The lowest BCUT2D eigenvalue weighted by Gasteiger charge is -2.36. The highest BCUT2D eigenvalue weighted by Gasteiger charge is 2.26. The fourth-order valence-corrected chi connectivity index (χ4v) is 2.94. The van der Waals surface area contributed by atoms with E-state index in [2.05, 4.69) is 24.0 Å². The summed E-state index contributed by atoms with van der Waals surface area (Å²) in [6.45, 7) is 8.73. The summed E-state index contributed by atoms with van der Waals surface area (Å²) in [5, 5.41) is 19.2. The van der Waals surface area contributed by atoms with Gasteiger partial charge in [0.2, 0.25) is 0 Å². The van der Waals surface area contributed by atoms with Gasteiger partial charge in [0.15, 0.2) is 0 Å². The maximum absolute atomic E-state index is 9.70. The lowest BCUT2D eigenvalue weighted by molar-refractivity contribution is 0.0129. The van der Waals surface area contributed by atoms with Gasteiger partial charge in [-0.3, -0.25) is 4.90 Å². The number of hydrogen-bond donors (Lipinski definition) is 2. The number of unbranched alkanes of at least 4 members (excludes halogenated alkanes) is 2. The zero-order valence-corrected chi connectivity index (χ0v) is 15.6. The van der Waals surface area contributed by atoms with Crippen LogP contribution < -0.4 is 4.74 Å². The van der Waals surface area contributed by atoms with Crippen LogP contribution in [0, 0.1) is 0 Å². The number of piperidine rings is 1. The number of ether oxygens (including phenoxy) is 1. The van der Waals surface area contributed by atoms with Crippen LogP contribution in [-0.2, 0) is 6.54 Å². The summed E-state index contributed by atoms with van der Waals surface area (Å²) in [6, 6.07) is 8.29. The molecule has 2 atom stereocenters. The predicted octanol–water partition coefficient (Wildman–Crippen LogP) is 3.60. The first-order valence-electron chi connectivity index (χ1n) is 9.47. The van der Waals surface area contributed by atoms with Crippen molar-refractivity contribution in [3.63, 3.8) is 0 Å². The lowest BCUT2D eigenvalue weighted by atomic mass is 9.99. The molecule has 1 fully saturated rings. The molecule has 1 aliphatic heterocycles. The molecule has 0 spiro atoms. The average Bonchev–Trinajstić information content (AvgIpc) is 2.63. The number of benzene rings is 1. The van der Waals surface area contributed by atoms with E-state index in [1.165, 1.54) is 18.4 Å². The summed E-state index contributed by atoms with van der Waals surface area (Å²) >= 11 is 0. The molecule has 0 aliphatic carbocycles. The van der Waals surface area contributed by atoms with Gasteiger partial charge in [-0.15, -0.1) is 0 Å². The van der Waals surface area contributed by atoms with Crippen LogP contribution in [0.15, 0.2) is 24.3 Å². The molecule has 138 valence electrons. The Bertz CT molecular complexity index is 421. The van der Waals surface area contributed by atoms with E-state index in [0.717, 1.165) is 38.3 Å². The van der Waals surface area contributed by atoms with Crippen molar-refractivity contribution in [2.45, 2.75) is 71.6 Å². The molecular weight excluding hydrogens is 302 g/mol. The van der Waals surface area contributed by atoms with Crippen LogP contribution in [0.4, 0.5) is 0 Å². The Labute approximate surface area is 147 Å². The van der Waals surface area contributed by atoms with Gasteiger partial charge in [0, 0.05) is 19.1 Å². The van der Waals surface area contributed by atoms with Gasteiger partial charge in [0.1, 0.15) is 5.75 Å². The van der Waals surface area contributed by atoms with Crippen LogP contribution in [0.3, 0.4) is 0 Å². The van der Waals surface area contributed by atoms with Crippen LogP contribution in [-0.4, -0.2) is 47.0 Å². The molecule has 24 heavy (non-hydrogen) atoms. The predicted molar refractivity (Wildman–Crippen MR) is 99.3 cm³/mol. The van der Waals surface area contributed by atoms with Gasteiger partial charge in [-0.05, 0) is 37.0 Å². The van der Waals surface area contributed by atoms with Crippen molar-refractivity contribution in [1.29, 1.82) is 0 Å². The minimum atomic E-state index is -0.271. The van der Waals surface area contributed by atoms with E-state index in [-0.39, 0.29) is 18.8 Å². The molecule has 4 nitrogen and oxygen atoms in total. The molecule has 1 heterocycles. The topological polar surface area (TPSA) is 52.9 Å². The quantitative estimate of drug-likeness (QED) is 0.712. The highest BCUT2D eigenvalue weighted by atomic mass is 16.5. The molecule has 4 heteroatoms. The van der Waals surface area contributed by atoms with E-state index >= 15 is 0 Å². The Morgan fingerprint density at radius 3 is 2.50 bits per heavy atom. The third-order valence-electron chi connectivity index (χ3n) is 4.35. The monoisotopic (exact) mass is 337 g/mol. The second kappa shape index (κ2) is 12.3. The van der Waals surface area contributed by atoms with Gasteiger partial charge in [-0.1, -0.05) is 45.7 Å². The third-order valence-corrected chi connectivity index (χ3v) is 4.35. The van der Waals surface area contributed by atoms with E-state index in [4.69, 9.17) is 4.74 Å². The SMILES string of the molecule is CC.CCCCCOc1ccc(CN2CCC(O)CC2CO)cc1. The number of likely N-dealkylation sites (tertiary alicyclic amines) is 1. The van der Waals surface area contributed by atoms with Crippen LogP contribution in [0.5, 0.6) is 5.75 Å². The van der Waals surface area contributed by atoms with Gasteiger partial charge in [0.25, 0.3) is 0 Å². The normalized spacial score (nSPS) is 21.0. The fourth-order valence-electron chi connectivity index (χ4n) is 2.94. The maximum Gasteiger partial charge on any atom is 0.119 e. The van der Waals surface area contributed by atoms with Crippen molar-refractivity contribution in [2.24, 2.45) is 0 Å². The van der Waals surface area contributed by atoms with Crippen LogP contribution in [0.25, 0.3) is 0 Å². The van der Waals surface area contributed by atoms with E-state index in [0.29, 0.717) is 6.42 Å². The van der Waals surface area contributed by atoms with E-state index < -0.39 is 0 Å². The van der Waals surface area contributed by atoms with Gasteiger partial charge in [-0.2, -0.15) is 0 Å². The smallest absolute Gasteiger partial charge is 0.119 e. The Hall–Kier alpha value is -1.10. The fraction of sp³-hybridized carbons (Fsp3) is 0.700. The number of rotatable bonds is 8. The Morgan fingerprint density at radius 2 is 1.88 bits per heavy atom. The molecule has 0 aromatic heterocycles. The molecule has 2 rings (SSSR count). The molecule has 1 aromatic rings. The second-order valence-electron chi connectivity index (χ2n) is 6.18. The number of aliphatic hydroxyl groups excluding tert-OH is 2. The summed E-state index contributed by atoms with van der Waals surface area (Å²) in [5.74, 6) is 0.924. The first-order chi connectivity index (χ1) is 11.7. The van der Waals surface area contributed by atoms with Gasteiger partial charge >= 0.3 is 0 Å². The molecule has 1 saturated heterocycles. The molecular formula is C20H35NO3. The molecule has 0 bridgehead atoms.